The maximum absolute atomic E-state index is 11.5. The third-order valence-corrected chi connectivity index (χ3v) is 2.88. The first-order chi connectivity index (χ1) is 8.42. The first-order valence-corrected chi connectivity index (χ1v) is 6.15. The lowest BCUT2D eigenvalue weighted by Gasteiger charge is -2.20. The van der Waals surface area contributed by atoms with E-state index in [2.05, 4.69) is 10.6 Å². The zero-order chi connectivity index (χ0) is 14.1. The predicted molar refractivity (Wildman–Crippen MR) is 66.9 cm³/mol. The molecule has 6 nitrogen and oxygen atoms in total. The topological polar surface area (TPSA) is 95.5 Å². The van der Waals surface area contributed by atoms with Gasteiger partial charge in [-0.15, -0.1) is 0 Å². The van der Waals surface area contributed by atoms with E-state index in [0.29, 0.717) is 12.8 Å². The fourth-order valence-electron chi connectivity index (χ4n) is 1.46. The minimum absolute atomic E-state index is 0.120. The molecule has 2 amide bonds. The number of carbonyl (C=O) groups is 3. The van der Waals surface area contributed by atoms with Crippen LogP contribution in [0.15, 0.2) is 0 Å². The summed E-state index contributed by atoms with van der Waals surface area (Å²) in [5.74, 6) is -1.60. The average molecular weight is 258 g/mol. The van der Waals surface area contributed by atoms with Gasteiger partial charge in [-0.1, -0.05) is 20.3 Å². The van der Waals surface area contributed by atoms with Crippen LogP contribution in [0, 0.1) is 5.92 Å². The van der Waals surface area contributed by atoms with E-state index in [1.54, 1.807) is 6.92 Å². The highest BCUT2D eigenvalue weighted by Gasteiger charge is 2.24. The van der Waals surface area contributed by atoms with Crippen LogP contribution in [0.2, 0.25) is 0 Å². The Morgan fingerprint density at radius 3 is 2.17 bits per heavy atom. The quantitative estimate of drug-likeness (QED) is 0.591. The van der Waals surface area contributed by atoms with Crippen molar-refractivity contribution in [2.75, 3.05) is 7.05 Å². The summed E-state index contributed by atoms with van der Waals surface area (Å²) in [6, 6.07) is -0.859. The second kappa shape index (κ2) is 8.49. The SMILES string of the molecule is CC[C@H](C)[C@H](NC(=O)CCCC(=O)NC)C(=O)O. The lowest BCUT2D eigenvalue weighted by atomic mass is 9.99. The molecule has 0 aromatic heterocycles. The third kappa shape index (κ3) is 6.22. The zero-order valence-corrected chi connectivity index (χ0v) is 11.2. The van der Waals surface area contributed by atoms with Crippen LogP contribution in [0.4, 0.5) is 0 Å². The lowest BCUT2D eigenvalue weighted by molar-refractivity contribution is -0.143. The van der Waals surface area contributed by atoms with Gasteiger partial charge in [0.2, 0.25) is 11.8 Å². The molecule has 0 unspecified atom stereocenters. The number of hydrogen-bond acceptors (Lipinski definition) is 3. The Balaban J connectivity index is 4.11. The van der Waals surface area contributed by atoms with Crippen LogP contribution < -0.4 is 10.6 Å². The second-order valence-corrected chi connectivity index (χ2v) is 4.30. The Labute approximate surface area is 107 Å². The molecule has 0 saturated carbocycles. The second-order valence-electron chi connectivity index (χ2n) is 4.30. The number of aliphatic carboxylic acids is 1. The Hall–Kier alpha value is -1.59. The summed E-state index contributed by atoms with van der Waals surface area (Å²) in [4.78, 5) is 33.5. The van der Waals surface area contributed by atoms with Crippen molar-refractivity contribution in [3.63, 3.8) is 0 Å². The molecule has 0 saturated heterocycles. The highest BCUT2D eigenvalue weighted by molar-refractivity contribution is 5.84. The summed E-state index contributed by atoms with van der Waals surface area (Å²) >= 11 is 0. The number of carboxylic acids is 1. The number of carbonyl (C=O) groups excluding carboxylic acids is 2. The summed E-state index contributed by atoms with van der Waals surface area (Å²) in [5.41, 5.74) is 0. The van der Waals surface area contributed by atoms with Gasteiger partial charge >= 0.3 is 5.97 Å². The standard InChI is InChI=1S/C12H22N2O4/c1-4-8(2)11(12(17)18)14-10(16)7-5-6-9(15)13-3/h8,11H,4-7H2,1-3H3,(H,13,15)(H,14,16)(H,17,18)/t8-,11-/m0/s1. The Kier molecular flexibility index (Phi) is 7.74. The maximum Gasteiger partial charge on any atom is 0.326 e. The number of nitrogens with one attached hydrogen (secondary N) is 2. The van der Waals surface area contributed by atoms with Gasteiger partial charge in [-0.25, -0.2) is 4.79 Å². The van der Waals surface area contributed by atoms with Crippen LogP contribution in [-0.2, 0) is 14.4 Å². The molecular weight excluding hydrogens is 236 g/mol. The average Bonchev–Trinajstić information content (AvgIpc) is 2.34. The van der Waals surface area contributed by atoms with E-state index in [-0.39, 0.29) is 30.6 Å². The molecule has 6 heteroatoms. The molecule has 18 heavy (non-hydrogen) atoms. The van der Waals surface area contributed by atoms with E-state index in [0.717, 1.165) is 0 Å². The molecule has 0 fully saturated rings. The molecule has 3 N–H and O–H groups in total. The van der Waals surface area contributed by atoms with Crippen molar-refractivity contribution in [3.05, 3.63) is 0 Å². The minimum Gasteiger partial charge on any atom is -0.480 e. The minimum atomic E-state index is -1.02. The van der Waals surface area contributed by atoms with Gasteiger partial charge in [0.05, 0.1) is 0 Å². The summed E-state index contributed by atoms with van der Waals surface area (Å²) < 4.78 is 0. The highest BCUT2D eigenvalue weighted by Crippen LogP contribution is 2.08. The van der Waals surface area contributed by atoms with Gasteiger partial charge in [0, 0.05) is 19.9 Å². The first-order valence-electron chi connectivity index (χ1n) is 6.15. The summed E-state index contributed by atoms with van der Waals surface area (Å²) in [6.45, 7) is 3.65. The van der Waals surface area contributed by atoms with Crippen LogP contribution in [0.5, 0.6) is 0 Å². The van der Waals surface area contributed by atoms with Crippen molar-refractivity contribution in [3.8, 4) is 0 Å². The number of carboxylic acid groups (broad SMARTS) is 1. The molecule has 2 atom stereocenters. The van der Waals surface area contributed by atoms with Gasteiger partial charge in [-0.3, -0.25) is 9.59 Å². The maximum atomic E-state index is 11.5. The van der Waals surface area contributed by atoms with E-state index < -0.39 is 12.0 Å². The fourth-order valence-corrected chi connectivity index (χ4v) is 1.46. The highest BCUT2D eigenvalue weighted by atomic mass is 16.4. The first kappa shape index (κ1) is 16.4. The predicted octanol–water partition coefficient (Wildman–Crippen LogP) is 0.518. The van der Waals surface area contributed by atoms with Crippen molar-refractivity contribution < 1.29 is 19.5 Å². The number of amides is 2. The molecular formula is C12H22N2O4. The molecule has 0 aromatic carbocycles. The Morgan fingerprint density at radius 2 is 1.72 bits per heavy atom. The molecule has 0 aromatic rings. The van der Waals surface area contributed by atoms with Gasteiger partial charge in [-0.05, 0) is 12.3 Å². The van der Waals surface area contributed by atoms with E-state index in [1.165, 1.54) is 7.05 Å². The fraction of sp³-hybridized carbons (Fsp3) is 0.750. The molecule has 0 aliphatic rings. The molecule has 0 radical (unpaired) electrons. The van der Waals surface area contributed by atoms with E-state index >= 15 is 0 Å². The lowest BCUT2D eigenvalue weighted by Crippen LogP contribution is -2.44. The normalized spacial score (nSPS) is 13.5. The summed E-state index contributed by atoms with van der Waals surface area (Å²) in [6.07, 6.45) is 1.52. The molecule has 0 aliphatic heterocycles. The summed E-state index contributed by atoms with van der Waals surface area (Å²) in [7, 11) is 1.53. The van der Waals surface area contributed by atoms with Gasteiger partial charge in [-0.2, -0.15) is 0 Å². The summed E-state index contributed by atoms with van der Waals surface area (Å²) in [5, 5.41) is 13.9. The largest absolute Gasteiger partial charge is 0.480 e. The van der Waals surface area contributed by atoms with Crippen LogP contribution in [0.25, 0.3) is 0 Å². The van der Waals surface area contributed by atoms with Gasteiger partial charge in [0.25, 0.3) is 0 Å². The Bertz CT molecular complexity index is 304. The molecule has 0 bridgehead atoms. The van der Waals surface area contributed by atoms with E-state index in [4.69, 9.17) is 5.11 Å². The molecule has 0 rings (SSSR count). The van der Waals surface area contributed by atoms with Crippen molar-refractivity contribution in [2.45, 2.75) is 45.6 Å². The number of hydrogen-bond donors (Lipinski definition) is 3. The van der Waals surface area contributed by atoms with Crippen LogP contribution in [-0.4, -0.2) is 36.0 Å². The molecule has 104 valence electrons. The van der Waals surface area contributed by atoms with Crippen LogP contribution in [0.1, 0.15) is 39.5 Å². The van der Waals surface area contributed by atoms with Crippen LogP contribution in [0.3, 0.4) is 0 Å². The smallest absolute Gasteiger partial charge is 0.326 e. The van der Waals surface area contributed by atoms with Gasteiger partial charge in [0.1, 0.15) is 6.04 Å². The van der Waals surface area contributed by atoms with Gasteiger partial charge < -0.3 is 15.7 Å². The molecule has 0 aliphatic carbocycles. The van der Waals surface area contributed by atoms with Crippen molar-refractivity contribution in [1.29, 1.82) is 0 Å². The van der Waals surface area contributed by atoms with Crippen molar-refractivity contribution >= 4 is 17.8 Å². The van der Waals surface area contributed by atoms with Gasteiger partial charge in [0.15, 0.2) is 0 Å². The Morgan fingerprint density at radius 1 is 1.17 bits per heavy atom. The zero-order valence-electron chi connectivity index (χ0n) is 11.2. The monoisotopic (exact) mass is 258 g/mol. The van der Waals surface area contributed by atoms with Crippen LogP contribution >= 0.6 is 0 Å². The molecule has 0 heterocycles. The third-order valence-electron chi connectivity index (χ3n) is 2.88. The van der Waals surface area contributed by atoms with E-state index in [1.807, 2.05) is 6.92 Å². The van der Waals surface area contributed by atoms with Crippen molar-refractivity contribution in [1.82, 2.24) is 10.6 Å². The van der Waals surface area contributed by atoms with Crippen molar-refractivity contribution in [2.24, 2.45) is 5.92 Å². The number of rotatable bonds is 8. The van der Waals surface area contributed by atoms with E-state index in [9.17, 15) is 14.4 Å². The molecule has 0 spiro atoms.